The van der Waals surface area contributed by atoms with Gasteiger partial charge in [0.15, 0.2) is 0 Å². The first-order valence-corrected chi connectivity index (χ1v) is 6.74. The number of alkyl halides is 2. The third-order valence-electron chi connectivity index (χ3n) is 2.67. The summed E-state index contributed by atoms with van der Waals surface area (Å²) < 4.78 is 25.8. The van der Waals surface area contributed by atoms with Gasteiger partial charge in [-0.05, 0) is 25.1 Å². The quantitative estimate of drug-likeness (QED) is 0.902. The van der Waals surface area contributed by atoms with Crippen molar-refractivity contribution in [2.24, 2.45) is 5.73 Å². The van der Waals surface area contributed by atoms with Gasteiger partial charge in [0.2, 0.25) is 5.95 Å². The Morgan fingerprint density at radius 2 is 1.86 bits per heavy atom. The SMILES string of the molecule is Cc1cc(C(F)F)nc(N(C(N)=O)c2c(Cl)cccc2Cl)n1. The number of benzene rings is 1. The summed E-state index contributed by atoms with van der Waals surface area (Å²) in [5.41, 5.74) is 5.06. The topological polar surface area (TPSA) is 72.1 Å². The predicted octanol–water partition coefficient (Wildman–Crippen LogP) is 4.25. The molecule has 5 nitrogen and oxygen atoms in total. The van der Waals surface area contributed by atoms with Crippen LogP contribution in [0.1, 0.15) is 17.8 Å². The normalized spacial score (nSPS) is 10.8. The molecule has 0 aliphatic rings. The number of anilines is 2. The van der Waals surface area contributed by atoms with Crippen molar-refractivity contribution in [1.82, 2.24) is 9.97 Å². The lowest BCUT2D eigenvalue weighted by Gasteiger charge is -2.21. The third-order valence-corrected chi connectivity index (χ3v) is 3.28. The number of aromatic nitrogens is 2. The summed E-state index contributed by atoms with van der Waals surface area (Å²) in [6, 6.07) is 4.63. The first kappa shape index (κ1) is 16.4. The molecule has 9 heteroatoms. The third kappa shape index (κ3) is 3.26. The van der Waals surface area contributed by atoms with Crippen molar-refractivity contribution in [3.05, 3.63) is 45.7 Å². The second-order valence-electron chi connectivity index (χ2n) is 4.28. The van der Waals surface area contributed by atoms with Crippen LogP contribution in [-0.2, 0) is 0 Å². The number of halogens is 4. The number of primary amides is 1. The van der Waals surface area contributed by atoms with Crippen molar-refractivity contribution in [2.45, 2.75) is 13.3 Å². The van der Waals surface area contributed by atoms with E-state index >= 15 is 0 Å². The fourth-order valence-corrected chi connectivity index (χ4v) is 2.37. The molecule has 2 amide bonds. The molecule has 0 aliphatic heterocycles. The molecular formula is C13H10Cl2F2N4O. The van der Waals surface area contributed by atoms with E-state index in [0.717, 1.165) is 11.0 Å². The molecule has 2 N–H and O–H groups in total. The number of urea groups is 1. The Morgan fingerprint density at radius 3 is 2.36 bits per heavy atom. The summed E-state index contributed by atoms with van der Waals surface area (Å²) in [5, 5.41) is 0.213. The standard InChI is InChI=1S/C13H10Cl2F2N4O/c1-6-5-9(11(16)17)20-13(19-6)21(12(18)22)10-7(14)3-2-4-8(10)15/h2-5,11H,1H3,(H2,18,22). The Kier molecular flexibility index (Phi) is 4.77. The van der Waals surface area contributed by atoms with E-state index in [9.17, 15) is 13.6 Å². The molecular weight excluding hydrogens is 337 g/mol. The van der Waals surface area contributed by atoms with Crippen LogP contribution in [0.2, 0.25) is 10.0 Å². The van der Waals surface area contributed by atoms with Crippen LogP contribution in [0.3, 0.4) is 0 Å². The van der Waals surface area contributed by atoms with Crippen molar-refractivity contribution >= 4 is 40.9 Å². The zero-order valence-electron chi connectivity index (χ0n) is 11.2. The minimum Gasteiger partial charge on any atom is -0.351 e. The Morgan fingerprint density at radius 1 is 1.27 bits per heavy atom. The molecule has 2 aromatic rings. The predicted molar refractivity (Wildman–Crippen MR) is 79.9 cm³/mol. The van der Waals surface area contributed by atoms with E-state index in [2.05, 4.69) is 9.97 Å². The first-order valence-electron chi connectivity index (χ1n) is 5.98. The summed E-state index contributed by atoms with van der Waals surface area (Å²) in [6.07, 6.45) is -2.82. The number of nitrogens with zero attached hydrogens (tertiary/aromatic N) is 3. The lowest BCUT2D eigenvalue weighted by molar-refractivity contribution is 0.146. The van der Waals surface area contributed by atoms with Crippen LogP contribution < -0.4 is 10.6 Å². The van der Waals surface area contributed by atoms with E-state index in [1.54, 1.807) is 6.07 Å². The summed E-state index contributed by atoms with van der Waals surface area (Å²) in [4.78, 5) is 20.2. The molecule has 0 atom stereocenters. The zero-order valence-corrected chi connectivity index (χ0v) is 12.7. The molecule has 0 saturated heterocycles. The number of rotatable bonds is 3. The van der Waals surface area contributed by atoms with E-state index in [1.165, 1.54) is 19.1 Å². The van der Waals surface area contributed by atoms with Gasteiger partial charge in [-0.1, -0.05) is 29.3 Å². The molecule has 0 bridgehead atoms. The van der Waals surface area contributed by atoms with E-state index in [1.807, 2.05) is 0 Å². The smallest absolute Gasteiger partial charge is 0.326 e. The maximum atomic E-state index is 12.9. The van der Waals surface area contributed by atoms with Gasteiger partial charge < -0.3 is 5.73 Å². The van der Waals surface area contributed by atoms with Crippen LogP contribution >= 0.6 is 23.2 Å². The van der Waals surface area contributed by atoms with Crippen LogP contribution in [0, 0.1) is 6.92 Å². The van der Waals surface area contributed by atoms with Crippen LogP contribution in [0.15, 0.2) is 24.3 Å². The van der Waals surface area contributed by atoms with E-state index in [0.29, 0.717) is 0 Å². The van der Waals surface area contributed by atoms with Crippen LogP contribution in [-0.4, -0.2) is 16.0 Å². The second-order valence-corrected chi connectivity index (χ2v) is 5.09. The lowest BCUT2D eigenvalue weighted by atomic mass is 10.3. The van der Waals surface area contributed by atoms with Gasteiger partial charge in [-0.2, -0.15) is 0 Å². The minimum atomic E-state index is -2.82. The number of para-hydroxylation sites is 1. The van der Waals surface area contributed by atoms with Crippen molar-refractivity contribution < 1.29 is 13.6 Å². The Bertz CT molecular complexity index is 707. The first-order chi connectivity index (χ1) is 10.3. The summed E-state index contributed by atoms with van der Waals surface area (Å²) in [6.45, 7) is 1.49. The van der Waals surface area contributed by atoms with Gasteiger partial charge in [0.25, 0.3) is 6.43 Å². The molecule has 0 saturated carbocycles. The highest BCUT2D eigenvalue weighted by atomic mass is 35.5. The van der Waals surface area contributed by atoms with E-state index in [4.69, 9.17) is 28.9 Å². The molecule has 1 aromatic carbocycles. The van der Waals surface area contributed by atoms with Crippen molar-refractivity contribution in [3.8, 4) is 0 Å². The molecule has 1 heterocycles. The number of carbonyl (C=O) groups excluding carboxylic acids is 1. The fraction of sp³-hybridized carbons (Fsp3) is 0.154. The average Bonchev–Trinajstić information content (AvgIpc) is 2.41. The highest BCUT2D eigenvalue weighted by Gasteiger charge is 2.25. The number of carbonyl (C=O) groups is 1. The van der Waals surface area contributed by atoms with E-state index in [-0.39, 0.29) is 27.4 Å². The summed E-state index contributed by atoms with van der Waals surface area (Å²) in [5.74, 6) is -0.321. The summed E-state index contributed by atoms with van der Waals surface area (Å²) >= 11 is 12.0. The molecule has 0 fully saturated rings. The van der Waals surface area contributed by atoms with Crippen LogP contribution in [0.25, 0.3) is 0 Å². The van der Waals surface area contributed by atoms with Crippen molar-refractivity contribution in [2.75, 3.05) is 4.90 Å². The molecule has 116 valence electrons. The molecule has 2 rings (SSSR count). The number of nitrogens with two attached hydrogens (primary N) is 1. The molecule has 0 spiro atoms. The minimum absolute atomic E-state index is 0.0316. The Balaban J connectivity index is 2.66. The maximum Gasteiger partial charge on any atom is 0.326 e. The van der Waals surface area contributed by atoms with Gasteiger partial charge in [0, 0.05) is 5.69 Å². The highest BCUT2D eigenvalue weighted by molar-refractivity contribution is 6.40. The van der Waals surface area contributed by atoms with E-state index < -0.39 is 18.2 Å². The number of hydrogen-bond donors (Lipinski definition) is 1. The number of hydrogen-bond acceptors (Lipinski definition) is 3. The molecule has 0 aliphatic carbocycles. The molecule has 1 aromatic heterocycles. The van der Waals surface area contributed by atoms with Gasteiger partial charge >= 0.3 is 6.03 Å². The monoisotopic (exact) mass is 346 g/mol. The molecule has 22 heavy (non-hydrogen) atoms. The van der Waals surface area contributed by atoms with Gasteiger partial charge in [0.1, 0.15) is 5.69 Å². The highest BCUT2D eigenvalue weighted by Crippen LogP contribution is 2.37. The lowest BCUT2D eigenvalue weighted by Crippen LogP contribution is -2.33. The van der Waals surface area contributed by atoms with Gasteiger partial charge in [-0.25, -0.2) is 28.4 Å². The second kappa shape index (κ2) is 6.41. The van der Waals surface area contributed by atoms with Gasteiger partial charge in [-0.15, -0.1) is 0 Å². The fourth-order valence-electron chi connectivity index (χ4n) is 1.80. The zero-order chi connectivity index (χ0) is 16.4. The Hall–Kier alpha value is -1.99. The van der Waals surface area contributed by atoms with Crippen LogP contribution in [0.5, 0.6) is 0 Å². The van der Waals surface area contributed by atoms with Crippen molar-refractivity contribution in [3.63, 3.8) is 0 Å². The van der Waals surface area contributed by atoms with Crippen LogP contribution in [0.4, 0.5) is 25.2 Å². The molecule has 0 radical (unpaired) electrons. The number of amides is 2. The number of aryl methyl sites for hydroxylation is 1. The molecule has 0 unspecified atom stereocenters. The maximum absolute atomic E-state index is 12.9. The van der Waals surface area contributed by atoms with Gasteiger partial charge in [-0.3, -0.25) is 0 Å². The average molecular weight is 347 g/mol. The van der Waals surface area contributed by atoms with Gasteiger partial charge in [0.05, 0.1) is 15.7 Å². The Labute approximate surface area is 134 Å². The summed E-state index contributed by atoms with van der Waals surface area (Å²) in [7, 11) is 0. The van der Waals surface area contributed by atoms with Crippen molar-refractivity contribution in [1.29, 1.82) is 0 Å². The largest absolute Gasteiger partial charge is 0.351 e.